The maximum Gasteiger partial charge on any atom is 0.328 e. The molecule has 0 fully saturated rings. The number of hydrogen-bond donors (Lipinski definition) is 6. The van der Waals surface area contributed by atoms with E-state index in [9.17, 15) is 29.1 Å². The van der Waals surface area contributed by atoms with Crippen LogP contribution in [0.4, 0.5) is 0 Å². The molecule has 1 aromatic carbocycles. The van der Waals surface area contributed by atoms with Gasteiger partial charge in [-0.15, -0.1) is 0 Å². The van der Waals surface area contributed by atoms with Crippen LogP contribution >= 0.6 is 0 Å². The van der Waals surface area contributed by atoms with Gasteiger partial charge in [0.15, 0.2) is 0 Å². The average Bonchev–Trinajstić information content (AvgIpc) is 2.92. The Kier molecular flexibility index (Phi) is 15.0. The van der Waals surface area contributed by atoms with Crippen LogP contribution in [0, 0.1) is 11.8 Å². The first kappa shape index (κ1) is 35.5. The standard InChI is InChI=1S/C29H47N5O7/c1-16(2)24(28(39)34-25(17(3)4)29(40)41-7)33-23(36)14-13-22(35)21(15-20-11-9-8-10-12-20)32-27(38)19(6)31-26(37)18(5)30/h8-12,16-19,21-22,24-25,35H,13-15,30H2,1-7H3,(H,31,37)(H,32,38)(H,33,36)(H,34,39)/t18-,19-,21?,22-,24-,25-/m0/s1. The summed E-state index contributed by atoms with van der Waals surface area (Å²) in [6.45, 7) is 10.1. The first-order valence-corrected chi connectivity index (χ1v) is 13.9. The number of amides is 4. The zero-order chi connectivity index (χ0) is 31.3. The van der Waals surface area contributed by atoms with E-state index in [1.54, 1.807) is 27.7 Å². The molecule has 0 heterocycles. The lowest BCUT2D eigenvalue weighted by Crippen LogP contribution is -2.55. The van der Waals surface area contributed by atoms with E-state index < -0.39 is 65.9 Å². The summed E-state index contributed by atoms with van der Waals surface area (Å²) >= 11 is 0. The lowest BCUT2D eigenvalue weighted by molar-refractivity contribution is -0.146. The minimum atomic E-state index is -1.11. The van der Waals surface area contributed by atoms with Gasteiger partial charge in [0.1, 0.15) is 18.1 Å². The molecule has 0 saturated heterocycles. The molecule has 6 atom stereocenters. The van der Waals surface area contributed by atoms with Crippen LogP contribution in [0.15, 0.2) is 30.3 Å². The molecule has 1 unspecified atom stereocenters. The van der Waals surface area contributed by atoms with E-state index >= 15 is 0 Å². The molecular weight excluding hydrogens is 530 g/mol. The van der Waals surface area contributed by atoms with Crippen molar-refractivity contribution in [2.75, 3.05) is 7.11 Å². The van der Waals surface area contributed by atoms with E-state index in [0.29, 0.717) is 0 Å². The number of nitrogens with one attached hydrogen (secondary N) is 4. The first-order chi connectivity index (χ1) is 19.2. The largest absolute Gasteiger partial charge is 0.467 e. The first-order valence-electron chi connectivity index (χ1n) is 13.9. The summed E-state index contributed by atoms with van der Waals surface area (Å²) in [5.41, 5.74) is 6.42. The molecule has 230 valence electrons. The van der Waals surface area contributed by atoms with Crippen LogP contribution in [0.25, 0.3) is 0 Å². The molecule has 0 spiro atoms. The Hall–Kier alpha value is -3.51. The number of benzene rings is 1. The van der Waals surface area contributed by atoms with Crippen molar-refractivity contribution in [1.29, 1.82) is 0 Å². The van der Waals surface area contributed by atoms with Crippen molar-refractivity contribution in [2.45, 2.75) is 97.1 Å². The molecule has 1 rings (SSSR count). The molecule has 0 aliphatic heterocycles. The highest BCUT2D eigenvalue weighted by Gasteiger charge is 2.31. The summed E-state index contributed by atoms with van der Waals surface area (Å²) in [6, 6.07) is 4.99. The van der Waals surface area contributed by atoms with Crippen LogP contribution in [-0.2, 0) is 35.1 Å². The molecule has 7 N–H and O–H groups in total. The SMILES string of the molecule is COC(=O)[C@@H](NC(=O)[C@@H](NC(=O)CC[C@H](O)C(Cc1ccccc1)NC(=O)[C@H](C)NC(=O)[C@H](C)N)C(C)C)C(C)C. The average molecular weight is 578 g/mol. The Bertz CT molecular complexity index is 1020. The third kappa shape index (κ3) is 12.3. The van der Waals surface area contributed by atoms with Crippen LogP contribution in [0.3, 0.4) is 0 Å². The second-order valence-corrected chi connectivity index (χ2v) is 11.0. The predicted molar refractivity (Wildman–Crippen MR) is 154 cm³/mol. The Morgan fingerprint density at radius 2 is 1.39 bits per heavy atom. The van der Waals surface area contributed by atoms with E-state index in [0.717, 1.165) is 5.56 Å². The molecule has 41 heavy (non-hydrogen) atoms. The summed E-state index contributed by atoms with van der Waals surface area (Å²) in [6.07, 6.45) is -0.963. The van der Waals surface area contributed by atoms with E-state index in [1.807, 2.05) is 30.3 Å². The highest BCUT2D eigenvalue weighted by Crippen LogP contribution is 2.12. The zero-order valence-electron chi connectivity index (χ0n) is 25.1. The van der Waals surface area contributed by atoms with Gasteiger partial charge in [0.2, 0.25) is 23.6 Å². The van der Waals surface area contributed by atoms with Crippen molar-refractivity contribution in [3.63, 3.8) is 0 Å². The molecule has 0 aliphatic rings. The molecule has 0 bridgehead atoms. The van der Waals surface area contributed by atoms with Crippen LogP contribution < -0.4 is 27.0 Å². The van der Waals surface area contributed by atoms with Crippen LogP contribution in [-0.4, -0.2) is 78.1 Å². The van der Waals surface area contributed by atoms with Crippen molar-refractivity contribution < 1.29 is 33.8 Å². The molecule has 12 nitrogen and oxygen atoms in total. The van der Waals surface area contributed by atoms with Gasteiger partial charge in [-0.1, -0.05) is 58.0 Å². The van der Waals surface area contributed by atoms with Gasteiger partial charge in [-0.05, 0) is 44.1 Å². The summed E-state index contributed by atoms with van der Waals surface area (Å²) in [7, 11) is 1.24. The van der Waals surface area contributed by atoms with Crippen molar-refractivity contribution in [2.24, 2.45) is 17.6 Å². The molecule has 1 aromatic rings. The summed E-state index contributed by atoms with van der Waals surface area (Å²) in [5.74, 6) is -3.08. The minimum absolute atomic E-state index is 0.00655. The number of nitrogens with two attached hydrogens (primary N) is 1. The summed E-state index contributed by atoms with van der Waals surface area (Å²) in [5, 5.41) is 21.7. The third-order valence-corrected chi connectivity index (χ3v) is 6.61. The fraction of sp³-hybridized carbons (Fsp3) is 0.621. The number of carbonyl (C=O) groups excluding carboxylic acids is 5. The Morgan fingerprint density at radius 1 is 0.805 bits per heavy atom. The van der Waals surface area contributed by atoms with Gasteiger partial charge in [0, 0.05) is 6.42 Å². The topological polar surface area (TPSA) is 189 Å². The van der Waals surface area contributed by atoms with Gasteiger partial charge >= 0.3 is 5.97 Å². The predicted octanol–water partition coefficient (Wildman–Crippen LogP) is 0.162. The smallest absolute Gasteiger partial charge is 0.328 e. The van der Waals surface area contributed by atoms with E-state index in [4.69, 9.17) is 10.5 Å². The molecule has 0 aliphatic carbocycles. The quantitative estimate of drug-likeness (QED) is 0.150. The molecule has 0 saturated carbocycles. The van der Waals surface area contributed by atoms with Gasteiger partial charge in [-0.3, -0.25) is 19.2 Å². The number of rotatable bonds is 16. The summed E-state index contributed by atoms with van der Waals surface area (Å²) < 4.78 is 4.77. The third-order valence-electron chi connectivity index (χ3n) is 6.61. The molecule has 12 heteroatoms. The van der Waals surface area contributed by atoms with Crippen LogP contribution in [0.2, 0.25) is 0 Å². The Balaban J connectivity index is 2.90. The molecule has 0 radical (unpaired) electrons. The van der Waals surface area contributed by atoms with Gasteiger partial charge in [-0.25, -0.2) is 4.79 Å². The minimum Gasteiger partial charge on any atom is -0.467 e. The fourth-order valence-electron chi connectivity index (χ4n) is 4.00. The van der Waals surface area contributed by atoms with E-state index in [1.165, 1.54) is 21.0 Å². The molecular formula is C29H47N5O7. The number of hydrogen-bond acceptors (Lipinski definition) is 8. The maximum atomic E-state index is 12.9. The normalized spacial score (nSPS) is 15.6. The molecule has 0 aromatic heterocycles. The number of ether oxygens (including phenoxy) is 1. The van der Waals surface area contributed by atoms with Gasteiger partial charge in [0.25, 0.3) is 0 Å². The van der Waals surface area contributed by atoms with Gasteiger partial charge in [-0.2, -0.15) is 0 Å². The second-order valence-electron chi connectivity index (χ2n) is 11.0. The van der Waals surface area contributed by atoms with E-state index in [2.05, 4.69) is 21.3 Å². The molecule has 4 amide bonds. The van der Waals surface area contributed by atoms with E-state index in [-0.39, 0.29) is 31.1 Å². The van der Waals surface area contributed by atoms with Crippen LogP contribution in [0.5, 0.6) is 0 Å². The van der Waals surface area contributed by atoms with Crippen molar-refractivity contribution >= 4 is 29.6 Å². The number of aliphatic hydroxyl groups excluding tert-OH is 1. The monoisotopic (exact) mass is 577 g/mol. The summed E-state index contributed by atoms with van der Waals surface area (Å²) in [4.78, 5) is 62.6. The van der Waals surface area contributed by atoms with Crippen molar-refractivity contribution in [3.8, 4) is 0 Å². The Morgan fingerprint density at radius 3 is 1.90 bits per heavy atom. The zero-order valence-corrected chi connectivity index (χ0v) is 25.1. The second kappa shape index (κ2) is 17.3. The number of carbonyl (C=O) groups is 5. The number of methoxy groups -OCH3 is 1. The van der Waals surface area contributed by atoms with Gasteiger partial charge < -0.3 is 36.8 Å². The van der Waals surface area contributed by atoms with Gasteiger partial charge in [0.05, 0.1) is 25.3 Å². The Labute approximate surface area is 242 Å². The lowest BCUT2D eigenvalue weighted by atomic mass is 9.97. The van der Waals surface area contributed by atoms with Crippen molar-refractivity contribution in [3.05, 3.63) is 35.9 Å². The number of aliphatic hydroxyl groups is 1. The van der Waals surface area contributed by atoms with Crippen LogP contribution in [0.1, 0.15) is 59.9 Å². The highest BCUT2D eigenvalue weighted by molar-refractivity contribution is 5.91. The van der Waals surface area contributed by atoms with Crippen molar-refractivity contribution in [1.82, 2.24) is 21.3 Å². The lowest BCUT2D eigenvalue weighted by Gasteiger charge is -2.27. The maximum absolute atomic E-state index is 12.9. The number of esters is 1. The highest BCUT2D eigenvalue weighted by atomic mass is 16.5. The fourth-order valence-corrected chi connectivity index (χ4v) is 4.00.